The summed E-state index contributed by atoms with van der Waals surface area (Å²) in [5.74, 6) is -2.76. The number of rotatable bonds is 8. The minimum atomic E-state index is -4.17. The van der Waals surface area contributed by atoms with Crippen LogP contribution in [0.25, 0.3) is 22.3 Å². The molecule has 0 saturated heterocycles. The van der Waals surface area contributed by atoms with Crippen molar-refractivity contribution in [2.75, 3.05) is 4.90 Å². The first-order valence-corrected chi connectivity index (χ1v) is 14.8. The van der Waals surface area contributed by atoms with Crippen molar-refractivity contribution in [2.45, 2.75) is 44.9 Å². The molecule has 7 rings (SSSR count). The number of anilines is 1. The summed E-state index contributed by atoms with van der Waals surface area (Å²) in [4.78, 5) is 44.5. The molecular formula is C32H25ClF3N7O3. The van der Waals surface area contributed by atoms with Gasteiger partial charge in [0.05, 0.1) is 58.5 Å². The van der Waals surface area contributed by atoms with E-state index in [2.05, 4.69) is 15.0 Å². The normalized spacial score (nSPS) is 16.3. The lowest BCUT2D eigenvalue weighted by atomic mass is 9.94. The van der Waals surface area contributed by atoms with Gasteiger partial charge in [0.1, 0.15) is 11.3 Å². The zero-order valence-electron chi connectivity index (χ0n) is 24.3. The number of fused-ring (bicyclic) bond motifs is 2. The van der Waals surface area contributed by atoms with Crippen LogP contribution in [0.2, 0.25) is 5.02 Å². The molecule has 234 valence electrons. The Morgan fingerprint density at radius 1 is 1.13 bits per heavy atom. The molecule has 1 aliphatic carbocycles. The van der Waals surface area contributed by atoms with Crippen LogP contribution in [0.3, 0.4) is 0 Å². The lowest BCUT2D eigenvalue weighted by Gasteiger charge is -2.33. The van der Waals surface area contributed by atoms with E-state index in [4.69, 9.17) is 27.1 Å². The van der Waals surface area contributed by atoms with Crippen LogP contribution in [0.5, 0.6) is 5.75 Å². The molecule has 10 nitrogen and oxygen atoms in total. The molecule has 1 atom stereocenters. The van der Waals surface area contributed by atoms with E-state index in [1.165, 1.54) is 36.8 Å². The molecule has 5 aromatic rings. The molecular weight excluding hydrogens is 623 g/mol. The number of halogens is 4. The number of nitrogens with two attached hydrogens (primary N) is 1. The topological polar surface area (TPSA) is 129 Å². The molecule has 1 fully saturated rings. The Balaban J connectivity index is 1.39. The van der Waals surface area contributed by atoms with Gasteiger partial charge in [-0.15, -0.1) is 0 Å². The fourth-order valence-electron chi connectivity index (χ4n) is 5.68. The predicted molar refractivity (Wildman–Crippen MR) is 162 cm³/mol. The van der Waals surface area contributed by atoms with E-state index >= 15 is 0 Å². The molecule has 1 unspecified atom stereocenters. The van der Waals surface area contributed by atoms with Crippen LogP contribution < -0.4 is 15.4 Å². The SMILES string of the molecule is CC(c1ccc(F)cn1)n1cnc2c(-c3ccc4c(c3)OC(F)(F)C(=O)N4Cc3ccc(Cl)cn3)c(C(N)=O)c(CC3CC3)nc21. The van der Waals surface area contributed by atoms with Crippen LogP contribution >= 0.6 is 11.6 Å². The molecule has 2 amide bonds. The van der Waals surface area contributed by atoms with Gasteiger partial charge in [-0.2, -0.15) is 8.78 Å². The number of carbonyl (C=O) groups excluding carboxylic acids is 2. The molecule has 0 bridgehead atoms. The van der Waals surface area contributed by atoms with Crippen molar-refractivity contribution in [3.63, 3.8) is 0 Å². The number of primary amides is 1. The highest BCUT2D eigenvalue weighted by Gasteiger charge is 2.50. The molecule has 4 aromatic heterocycles. The van der Waals surface area contributed by atoms with E-state index in [-0.39, 0.29) is 23.5 Å². The maximum atomic E-state index is 15.0. The predicted octanol–water partition coefficient (Wildman–Crippen LogP) is 5.86. The Kier molecular flexibility index (Phi) is 7.15. The third-order valence-corrected chi connectivity index (χ3v) is 8.41. The van der Waals surface area contributed by atoms with E-state index in [0.29, 0.717) is 56.7 Å². The number of ether oxygens (including phenoxy) is 1. The maximum absolute atomic E-state index is 15.0. The van der Waals surface area contributed by atoms with Gasteiger partial charge in [0.15, 0.2) is 11.4 Å². The molecule has 2 N–H and O–H groups in total. The summed E-state index contributed by atoms with van der Waals surface area (Å²) in [5.41, 5.74) is 8.80. The number of amides is 2. The van der Waals surface area contributed by atoms with Gasteiger partial charge in [-0.05, 0) is 74.1 Å². The first-order chi connectivity index (χ1) is 22.0. The van der Waals surface area contributed by atoms with Crippen molar-refractivity contribution in [1.82, 2.24) is 24.5 Å². The average Bonchev–Trinajstić information content (AvgIpc) is 3.74. The van der Waals surface area contributed by atoms with Gasteiger partial charge in [-0.1, -0.05) is 17.7 Å². The Bertz CT molecular complexity index is 2010. The molecule has 14 heteroatoms. The standard InChI is InChI=1S/C32H25ClF3N7O3/c1-16(22-8-6-20(34)13-39-22)43-15-40-28-26(27(29(37)44)23(41-30(28)43)10-17-2-3-17)18-4-9-24-25(11-18)46-32(35,36)31(45)42(24)14-21-7-5-19(33)12-38-21/h4-9,11-13,15-17H,2-3,10,14H2,1H3,(H2,37,44). The number of nitrogens with zero attached hydrogens (tertiary/aromatic N) is 6. The Morgan fingerprint density at radius 3 is 2.61 bits per heavy atom. The van der Waals surface area contributed by atoms with Crippen LogP contribution in [-0.2, 0) is 17.8 Å². The lowest BCUT2D eigenvalue weighted by molar-refractivity contribution is -0.193. The highest BCUT2D eigenvalue weighted by Crippen LogP contribution is 2.45. The van der Waals surface area contributed by atoms with Gasteiger partial charge < -0.3 is 15.0 Å². The van der Waals surface area contributed by atoms with E-state index in [1.807, 2.05) is 6.92 Å². The minimum Gasteiger partial charge on any atom is -0.423 e. The molecule has 1 saturated carbocycles. The van der Waals surface area contributed by atoms with Gasteiger partial charge in [-0.25, -0.2) is 14.4 Å². The van der Waals surface area contributed by atoms with Crippen molar-refractivity contribution in [3.05, 3.63) is 94.7 Å². The number of benzene rings is 1. The van der Waals surface area contributed by atoms with E-state index < -0.39 is 29.8 Å². The van der Waals surface area contributed by atoms with Crippen molar-refractivity contribution in [2.24, 2.45) is 11.7 Å². The van der Waals surface area contributed by atoms with Crippen molar-refractivity contribution < 1.29 is 27.5 Å². The summed E-state index contributed by atoms with van der Waals surface area (Å²) < 4.78 is 50.3. The van der Waals surface area contributed by atoms with Crippen LogP contribution in [0, 0.1) is 11.7 Å². The summed E-state index contributed by atoms with van der Waals surface area (Å²) in [6.45, 7) is 1.58. The fourth-order valence-corrected chi connectivity index (χ4v) is 5.79. The van der Waals surface area contributed by atoms with Crippen molar-refractivity contribution in [3.8, 4) is 16.9 Å². The fraction of sp³-hybridized carbons (Fsp3) is 0.250. The van der Waals surface area contributed by atoms with Gasteiger partial charge in [-0.3, -0.25) is 24.5 Å². The molecule has 46 heavy (non-hydrogen) atoms. The van der Waals surface area contributed by atoms with Crippen LogP contribution in [0.4, 0.5) is 18.9 Å². The Morgan fingerprint density at radius 2 is 1.93 bits per heavy atom. The second-order valence-corrected chi connectivity index (χ2v) is 11.8. The first-order valence-electron chi connectivity index (χ1n) is 14.4. The van der Waals surface area contributed by atoms with Gasteiger partial charge in [0, 0.05) is 11.8 Å². The number of imidazole rings is 1. The van der Waals surface area contributed by atoms with Crippen LogP contribution in [-0.4, -0.2) is 42.4 Å². The Labute approximate surface area is 265 Å². The molecule has 1 aliphatic heterocycles. The molecule has 0 radical (unpaired) electrons. The highest BCUT2D eigenvalue weighted by molar-refractivity contribution is 6.30. The Hall–Kier alpha value is -5.04. The van der Waals surface area contributed by atoms with Gasteiger partial charge in [0.25, 0.3) is 5.91 Å². The summed E-state index contributed by atoms with van der Waals surface area (Å²) in [6.07, 6.45) is 2.25. The highest BCUT2D eigenvalue weighted by atomic mass is 35.5. The summed E-state index contributed by atoms with van der Waals surface area (Å²) in [5, 5.41) is 0.355. The largest absolute Gasteiger partial charge is 0.482 e. The second kappa shape index (κ2) is 11.1. The maximum Gasteiger partial charge on any atom is 0.482 e. The van der Waals surface area contributed by atoms with E-state index in [0.717, 1.165) is 23.9 Å². The average molecular weight is 648 g/mol. The number of hydrogen-bond acceptors (Lipinski definition) is 7. The number of aromatic nitrogens is 5. The lowest BCUT2D eigenvalue weighted by Crippen LogP contribution is -2.50. The van der Waals surface area contributed by atoms with Crippen LogP contribution in [0.1, 0.15) is 53.2 Å². The number of hydrogen-bond donors (Lipinski definition) is 1. The molecule has 5 heterocycles. The van der Waals surface area contributed by atoms with Crippen molar-refractivity contribution >= 4 is 40.3 Å². The van der Waals surface area contributed by atoms with Crippen molar-refractivity contribution in [1.29, 1.82) is 0 Å². The van der Waals surface area contributed by atoms with Gasteiger partial charge >= 0.3 is 12.0 Å². The third-order valence-electron chi connectivity index (χ3n) is 8.19. The monoisotopic (exact) mass is 647 g/mol. The van der Waals surface area contributed by atoms with E-state index in [1.54, 1.807) is 22.8 Å². The minimum absolute atomic E-state index is 0.0853. The zero-order chi connectivity index (χ0) is 32.3. The molecule has 2 aliphatic rings. The number of carbonyl (C=O) groups is 2. The zero-order valence-corrected chi connectivity index (χ0v) is 25.0. The molecule has 1 aromatic carbocycles. The first kappa shape index (κ1) is 29.7. The van der Waals surface area contributed by atoms with E-state index in [9.17, 15) is 22.8 Å². The smallest absolute Gasteiger partial charge is 0.423 e. The second-order valence-electron chi connectivity index (χ2n) is 11.4. The molecule has 0 spiro atoms. The summed E-state index contributed by atoms with van der Waals surface area (Å²) in [7, 11) is 0. The summed E-state index contributed by atoms with van der Waals surface area (Å²) in [6, 6.07) is 9.91. The third kappa shape index (κ3) is 5.30. The van der Waals surface area contributed by atoms with Gasteiger partial charge in [0.2, 0.25) is 0 Å². The van der Waals surface area contributed by atoms with Crippen LogP contribution in [0.15, 0.2) is 61.2 Å². The summed E-state index contributed by atoms with van der Waals surface area (Å²) >= 11 is 5.92. The quantitative estimate of drug-likeness (QED) is 0.223. The number of alkyl halides is 2. The number of pyridine rings is 3.